The highest BCUT2D eigenvalue weighted by Gasteiger charge is 2.05. The van der Waals surface area contributed by atoms with Crippen molar-refractivity contribution in [3.63, 3.8) is 0 Å². The number of fused-ring (bicyclic) bond motifs is 1. The van der Waals surface area contributed by atoms with E-state index in [-0.39, 0.29) is 0 Å². The molecule has 3 N–H and O–H groups in total. The van der Waals surface area contributed by atoms with Crippen LogP contribution in [0.2, 0.25) is 0 Å². The van der Waals surface area contributed by atoms with Crippen molar-refractivity contribution in [1.82, 2.24) is 20.0 Å². The lowest BCUT2D eigenvalue weighted by Crippen LogP contribution is -2.08. The molecule has 0 radical (unpaired) electrons. The van der Waals surface area contributed by atoms with Gasteiger partial charge in [-0.15, -0.1) is 5.10 Å². The van der Waals surface area contributed by atoms with E-state index in [2.05, 4.69) is 26.7 Å². The Balaban J connectivity index is 1.71. The number of aryl methyl sites for hydroxylation is 2. The average Bonchev–Trinajstić information content (AvgIpc) is 2.99. The summed E-state index contributed by atoms with van der Waals surface area (Å²) in [6.07, 6.45) is 6.37. The lowest BCUT2D eigenvalue weighted by atomic mass is 10.1. The maximum Gasteiger partial charge on any atom is 0.0692 e. The topological polar surface area (TPSA) is 81.7 Å². The molecule has 108 valence electrons. The molecule has 0 unspecified atom stereocenters. The summed E-state index contributed by atoms with van der Waals surface area (Å²) in [7, 11) is 0. The molecule has 3 rings (SSSR count). The molecule has 3 aromatic rings. The molecule has 0 spiro atoms. The van der Waals surface area contributed by atoms with E-state index in [0.717, 1.165) is 47.4 Å². The zero-order valence-electron chi connectivity index (χ0n) is 12.0. The standard InChI is InChI=1S/C15H18N6/c1-11-9-12-13(10-18-11)14(16)3-4-15(12)17-5-2-7-21-8-6-19-20-21/h3-4,6,8-10,17H,2,5,7,16H2,1H3. The predicted octanol–water partition coefficient (Wildman–Crippen LogP) is 2.22. The van der Waals surface area contributed by atoms with E-state index in [9.17, 15) is 0 Å². The van der Waals surface area contributed by atoms with Crippen LogP contribution in [-0.4, -0.2) is 26.5 Å². The number of rotatable bonds is 5. The van der Waals surface area contributed by atoms with Gasteiger partial charge in [-0.25, -0.2) is 0 Å². The molecule has 0 aliphatic carbocycles. The van der Waals surface area contributed by atoms with Gasteiger partial charge < -0.3 is 11.1 Å². The number of nitrogens with two attached hydrogens (primary N) is 1. The monoisotopic (exact) mass is 282 g/mol. The normalized spacial score (nSPS) is 10.9. The first-order valence-corrected chi connectivity index (χ1v) is 6.97. The van der Waals surface area contributed by atoms with E-state index in [1.54, 1.807) is 6.20 Å². The van der Waals surface area contributed by atoms with Gasteiger partial charge in [-0.3, -0.25) is 9.67 Å². The number of benzene rings is 1. The summed E-state index contributed by atoms with van der Waals surface area (Å²) in [5.41, 5.74) is 8.83. The van der Waals surface area contributed by atoms with Crippen molar-refractivity contribution in [2.75, 3.05) is 17.6 Å². The van der Waals surface area contributed by atoms with E-state index in [0.29, 0.717) is 0 Å². The highest BCUT2D eigenvalue weighted by molar-refractivity contribution is 6.00. The number of anilines is 2. The Morgan fingerprint density at radius 2 is 2.19 bits per heavy atom. The summed E-state index contributed by atoms with van der Waals surface area (Å²) in [5, 5.41) is 13.3. The first-order chi connectivity index (χ1) is 10.2. The summed E-state index contributed by atoms with van der Waals surface area (Å²) in [6.45, 7) is 3.69. The molecule has 0 saturated carbocycles. The van der Waals surface area contributed by atoms with Gasteiger partial charge in [-0.2, -0.15) is 0 Å². The molecule has 6 heteroatoms. The Kier molecular flexibility index (Phi) is 3.68. The Hall–Kier alpha value is -2.63. The third kappa shape index (κ3) is 2.94. The number of nitrogen functional groups attached to an aromatic ring is 1. The molecule has 1 aromatic carbocycles. The van der Waals surface area contributed by atoms with Crippen LogP contribution in [0, 0.1) is 6.92 Å². The SMILES string of the molecule is Cc1cc2c(NCCCn3ccnn3)ccc(N)c2cn1. The Morgan fingerprint density at radius 3 is 3.00 bits per heavy atom. The van der Waals surface area contributed by atoms with E-state index in [1.165, 1.54) is 0 Å². The number of nitrogens with one attached hydrogen (secondary N) is 1. The van der Waals surface area contributed by atoms with Crippen LogP contribution in [0.1, 0.15) is 12.1 Å². The van der Waals surface area contributed by atoms with Gasteiger partial charge >= 0.3 is 0 Å². The van der Waals surface area contributed by atoms with Crippen molar-refractivity contribution in [2.24, 2.45) is 0 Å². The zero-order valence-corrected chi connectivity index (χ0v) is 12.0. The average molecular weight is 282 g/mol. The molecular formula is C15H18N6. The van der Waals surface area contributed by atoms with Gasteiger partial charge in [0.2, 0.25) is 0 Å². The van der Waals surface area contributed by atoms with E-state index >= 15 is 0 Å². The van der Waals surface area contributed by atoms with Crippen molar-refractivity contribution in [3.05, 3.63) is 42.5 Å². The quantitative estimate of drug-likeness (QED) is 0.554. The molecule has 6 nitrogen and oxygen atoms in total. The second-order valence-corrected chi connectivity index (χ2v) is 5.02. The third-order valence-corrected chi connectivity index (χ3v) is 3.42. The summed E-state index contributed by atoms with van der Waals surface area (Å²) in [6, 6.07) is 6.00. The van der Waals surface area contributed by atoms with Crippen LogP contribution >= 0.6 is 0 Å². The molecule has 0 fully saturated rings. The number of aromatic nitrogens is 4. The largest absolute Gasteiger partial charge is 0.398 e. The van der Waals surface area contributed by atoms with Crippen molar-refractivity contribution in [2.45, 2.75) is 19.9 Å². The van der Waals surface area contributed by atoms with E-state index in [1.807, 2.05) is 36.1 Å². The highest BCUT2D eigenvalue weighted by Crippen LogP contribution is 2.28. The maximum absolute atomic E-state index is 6.01. The van der Waals surface area contributed by atoms with Gasteiger partial charge in [0.25, 0.3) is 0 Å². The van der Waals surface area contributed by atoms with Gasteiger partial charge in [0.15, 0.2) is 0 Å². The molecule has 0 atom stereocenters. The first kappa shape index (κ1) is 13.4. The van der Waals surface area contributed by atoms with Crippen molar-refractivity contribution >= 4 is 22.1 Å². The summed E-state index contributed by atoms with van der Waals surface area (Å²) < 4.78 is 1.83. The molecule has 2 heterocycles. The van der Waals surface area contributed by atoms with Crippen molar-refractivity contribution < 1.29 is 0 Å². The minimum atomic E-state index is 0.755. The predicted molar refractivity (Wildman–Crippen MR) is 84.0 cm³/mol. The van der Waals surface area contributed by atoms with Gasteiger partial charge in [0.1, 0.15) is 0 Å². The van der Waals surface area contributed by atoms with Crippen LogP contribution in [0.15, 0.2) is 36.8 Å². The molecule has 0 aliphatic heterocycles. The fraction of sp³-hybridized carbons (Fsp3) is 0.267. The van der Waals surface area contributed by atoms with Crippen LogP contribution in [0.3, 0.4) is 0 Å². The fourth-order valence-corrected chi connectivity index (χ4v) is 2.34. The van der Waals surface area contributed by atoms with E-state index < -0.39 is 0 Å². The minimum Gasteiger partial charge on any atom is -0.398 e. The highest BCUT2D eigenvalue weighted by atomic mass is 15.4. The molecule has 0 amide bonds. The Labute approximate surface area is 123 Å². The number of nitrogens with zero attached hydrogens (tertiary/aromatic N) is 4. The number of pyridine rings is 1. The van der Waals surface area contributed by atoms with E-state index in [4.69, 9.17) is 5.73 Å². The third-order valence-electron chi connectivity index (χ3n) is 3.42. The first-order valence-electron chi connectivity index (χ1n) is 6.97. The Morgan fingerprint density at radius 1 is 1.29 bits per heavy atom. The lowest BCUT2D eigenvalue weighted by molar-refractivity contribution is 0.570. The Bertz CT molecular complexity index is 735. The molecule has 21 heavy (non-hydrogen) atoms. The van der Waals surface area contributed by atoms with Gasteiger partial charge in [-0.05, 0) is 31.5 Å². The minimum absolute atomic E-state index is 0.755. The lowest BCUT2D eigenvalue weighted by Gasteiger charge is -2.11. The van der Waals surface area contributed by atoms with Crippen molar-refractivity contribution in [3.8, 4) is 0 Å². The number of hydrogen-bond donors (Lipinski definition) is 2. The van der Waals surface area contributed by atoms with Crippen LogP contribution in [0.25, 0.3) is 10.8 Å². The smallest absolute Gasteiger partial charge is 0.0692 e. The fourth-order valence-electron chi connectivity index (χ4n) is 2.34. The van der Waals surface area contributed by atoms with Gasteiger partial charge in [0.05, 0.1) is 6.20 Å². The summed E-state index contributed by atoms with van der Waals surface area (Å²) in [4.78, 5) is 4.31. The maximum atomic E-state index is 6.01. The number of hydrogen-bond acceptors (Lipinski definition) is 5. The van der Waals surface area contributed by atoms with Crippen LogP contribution in [-0.2, 0) is 6.54 Å². The van der Waals surface area contributed by atoms with Gasteiger partial charge in [-0.1, -0.05) is 5.21 Å². The van der Waals surface area contributed by atoms with Crippen LogP contribution in [0.4, 0.5) is 11.4 Å². The second-order valence-electron chi connectivity index (χ2n) is 5.02. The molecule has 0 aliphatic rings. The summed E-state index contributed by atoms with van der Waals surface area (Å²) in [5.74, 6) is 0. The molecule has 0 saturated heterocycles. The van der Waals surface area contributed by atoms with Crippen LogP contribution in [0.5, 0.6) is 0 Å². The summed E-state index contributed by atoms with van der Waals surface area (Å²) >= 11 is 0. The molecular weight excluding hydrogens is 264 g/mol. The zero-order chi connectivity index (χ0) is 14.7. The van der Waals surface area contributed by atoms with Crippen molar-refractivity contribution in [1.29, 1.82) is 0 Å². The van der Waals surface area contributed by atoms with Gasteiger partial charge in [0, 0.05) is 53.3 Å². The van der Waals surface area contributed by atoms with Crippen LogP contribution < -0.4 is 11.1 Å². The second kappa shape index (κ2) is 5.78. The molecule has 2 aromatic heterocycles. The molecule has 0 bridgehead atoms.